The molecule has 0 aliphatic rings. The summed E-state index contributed by atoms with van der Waals surface area (Å²) in [7, 11) is 0. The summed E-state index contributed by atoms with van der Waals surface area (Å²) >= 11 is 2.76. The molecule has 0 saturated carbocycles. The number of rotatable bonds is 5. The number of carbonyl (C=O) groups is 1. The van der Waals surface area contributed by atoms with Crippen molar-refractivity contribution in [2.75, 3.05) is 5.32 Å². The summed E-state index contributed by atoms with van der Waals surface area (Å²) < 4.78 is 2.50. The molecule has 1 N–H and O–H groups in total. The number of thiazole rings is 1. The third-order valence-electron chi connectivity index (χ3n) is 2.89. The Bertz CT molecular complexity index is 798. The van der Waals surface area contributed by atoms with Gasteiger partial charge in [-0.3, -0.25) is 4.79 Å². The Morgan fingerprint density at radius 1 is 1.30 bits per heavy atom. The van der Waals surface area contributed by atoms with E-state index in [-0.39, 0.29) is 11.9 Å². The van der Waals surface area contributed by atoms with Crippen molar-refractivity contribution in [1.29, 1.82) is 0 Å². The minimum Gasteiger partial charge on any atom is -0.312 e. The first-order valence-electron chi connectivity index (χ1n) is 6.91. The van der Waals surface area contributed by atoms with Gasteiger partial charge in [0.25, 0.3) is 5.91 Å². The Hall–Kier alpha value is -2.26. The molecule has 0 aliphatic carbocycles. The first-order valence-corrected chi connectivity index (χ1v) is 8.54. The minimum atomic E-state index is -0.155. The fourth-order valence-corrected chi connectivity index (χ4v) is 3.67. The van der Waals surface area contributed by atoms with E-state index in [9.17, 15) is 4.79 Å². The minimum absolute atomic E-state index is 0.155. The normalized spacial score (nSPS) is 10.9. The van der Waals surface area contributed by atoms with Gasteiger partial charge in [0.2, 0.25) is 5.16 Å². The Morgan fingerprint density at radius 2 is 2.09 bits per heavy atom. The second kappa shape index (κ2) is 6.88. The summed E-state index contributed by atoms with van der Waals surface area (Å²) in [6.07, 6.45) is 1.64. The van der Waals surface area contributed by atoms with Crippen LogP contribution in [0.5, 0.6) is 0 Å². The predicted octanol–water partition coefficient (Wildman–Crippen LogP) is 3.11. The first-order chi connectivity index (χ1) is 11.1. The molecule has 0 aliphatic heterocycles. The van der Waals surface area contributed by atoms with E-state index >= 15 is 0 Å². The second-order valence-corrected chi connectivity index (χ2v) is 7.16. The molecule has 0 radical (unpaired) electrons. The molecule has 0 spiro atoms. The Labute approximate surface area is 141 Å². The van der Waals surface area contributed by atoms with Crippen LogP contribution in [0.3, 0.4) is 0 Å². The van der Waals surface area contributed by atoms with Gasteiger partial charge in [0.1, 0.15) is 5.00 Å². The molecule has 23 heavy (non-hydrogen) atoms. The number of amides is 1. The summed E-state index contributed by atoms with van der Waals surface area (Å²) in [5.74, 6) is -0.155. The third kappa shape index (κ3) is 3.74. The molecule has 118 valence electrons. The number of carbonyl (C=O) groups excluding carboxylic acids is 1. The maximum Gasteiger partial charge on any atom is 0.256 e. The molecule has 1 amide bonds. The number of tetrazole rings is 1. The van der Waals surface area contributed by atoms with Crippen molar-refractivity contribution in [1.82, 2.24) is 25.2 Å². The van der Waals surface area contributed by atoms with E-state index in [1.807, 2.05) is 32.0 Å². The molecule has 0 saturated heterocycles. The van der Waals surface area contributed by atoms with Gasteiger partial charge < -0.3 is 5.32 Å². The van der Waals surface area contributed by atoms with Crippen LogP contribution >= 0.6 is 23.1 Å². The van der Waals surface area contributed by atoms with E-state index < -0.39 is 0 Å². The standard InChI is InChI=1S/C14H14N6OS2/c1-9(2)20-13(17-18-19-20)23-14-15-8-11(22-14)16-12(21)10-6-4-3-5-7-10/h3-9H,1-2H3,(H,16,21). The molecule has 0 fully saturated rings. The van der Waals surface area contributed by atoms with E-state index in [0.29, 0.717) is 15.7 Å². The largest absolute Gasteiger partial charge is 0.312 e. The molecular weight excluding hydrogens is 332 g/mol. The highest BCUT2D eigenvalue weighted by Gasteiger charge is 2.14. The zero-order valence-corrected chi connectivity index (χ0v) is 14.1. The molecular formula is C14H14N6OS2. The molecule has 0 bridgehead atoms. The average molecular weight is 346 g/mol. The van der Waals surface area contributed by atoms with Crippen LogP contribution in [0, 0.1) is 0 Å². The molecule has 3 aromatic rings. The average Bonchev–Trinajstić information content (AvgIpc) is 3.18. The number of nitrogens with zero attached hydrogens (tertiary/aromatic N) is 5. The van der Waals surface area contributed by atoms with Gasteiger partial charge in [0.05, 0.1) is 12.2 Å². The second-order valence-electron chi connectivity index (χ2n) is 4.91. The van der Waals surface area contributed by atoms with Crippen molar-refractivity contribution in [3.05, 3.63) is 42.1 Å². The molecule has 3 rings (SSSR count). The van der Waals surface area contributed by atoms with Crippen molar-refractivity contribution in [3.8, 4) is 0 Å². The highest BCUT2D eigenvalue weighted by atomic mass is 32.2. The van der Waals surface area contributed by atoms with Crippen LogP contribution < -0.4 is 5.32 Å². The highest BCUT2D eigenvalue weighted by Crippen LogP contribution is 2.32. The number of benzene rings is 1. The Morgan fingerprint density at radius 3 is 2.83 bits per heavy atom. The summed E-state index contributed by atoms with van der Waals surface area (Å²) in [5.41, 5.74) is 0.610. The fraction of sp³-hybridized carbons (Fsp3) is 0.214. The quantitative estimate of drug-likeness (QED) is 0.764. The number of hydrogen-bond donors (Lipinski definition) is 1. The van der Waals surface area contributed by atoms with Gasteiger partial charge in [-0.2, -0.15) is 0 Å². The molecule has 7 nitrogen and oxygen atoms in total. The van der Waals surface area contributed by atoms with Gasteiger partial charge >= 0.3 is 0 Å². The molecule has 9 heteroatoms. The maximum atomic E-state index is 12.1. The Balaban J connectivity index is 1.69. The lowest BCUT2D eigenvalue weighted by molar-refractivity contribution is 0.102. The Kier molecular flexibility index (Phi) is 4.68. The van der Waals surface area contributed by atoms with Crippen molar-refractivity contribution in [2.45, 2.75) is 29.4 Å². The van der Waals surface area contributed by atoms with Crippen molar-refractivity contribution >= 4 is 34.0 Å². The van der Waals surface area contributed by atoms with Crippen LogP contribution in [0.1, 0.15) is 30.2 Å². The van der Waals surface area contributed by atoms with Crippen LogP contribution in [0.25, 0.3) is 0 Å². The third-order valence-corrected chi connectivity index (χ3v) is 4.83. The molecule has 2 aromatic heterocycles. The summed E-state index contributed by atoms with van der Waals surface area (Å²) in [6.45, 7) is 4.02. The van der Waals surface area contributed by atoms with E-state index in [2.05, 4.69) is 25.8 Å². The zero-order valence-electron chi connectivity index (χ0n) is 12.5. The van der Waals surface area contributed by atoms with Crippen molar-refractivity contribution in [2.24, 2.45) is 0 Å². The molecule has 0 atom stereocenters. The lowest BCUT2D eigenvalue weighted by Gasteiger charge is -2.05. The van der Waals surface area contributed by atoms with Crippen LogP contribution in [0.15, 0.2) is 46.0 Å². The smallest absolute Gasteiger partial charge is 0.256 e. The first kappa shape index (κ1) is 15.6. The van der Waals surface area contributed by atoms with Crippen LogP contribution in [0.2, 0.25) is 0 Å². The number of nitrogens with one attached hydrogen (secondary N) is 1. The maximum absolute atomic E-state index is 12.1. The van der Waals surface area contributed by atoms with E-state index in [1.54, 1.807) is 23.0 Å². The van der Waals surface area contributed by atoms with Crippen molar-refractivity contribution in [3.63, 3.8) is 0 Å². The van der Waals surface area contributed by atoms with E-state index in [1.165, 1.54) is 23.1 Å². The summed E-state index contributed by atoms with van der Waals surface area (Å²) in [6, 6.07) is 9.23. The van der Waals surface area contributed by atoms with Gasteiger partial charge in [-0.25, -0.2) is 9.67 Å². The lowest BCUT2D eigenvalue weighted by Crippen LogP contribution is -2.10. The van der Waals surface area contributed by atoms with Crippen molar-refractivity contribution < 1.29 is 4.79 Å². The zero-order chi connectivity index (χ0) is 16.2. The number of hydrogen-bond acceptors (Lipinski definition) is 7. The van der Waals surface area contributed by atoms with Gasteiger partial charge in [0.15, 0.2) is 4.34 Å². The molecule has 1 aromatic carbocycles. The highest BCUT2D eigenvalue weighted by molar-refractivity contribution is 8.00. The van der Waals surface area contributed by atoms with Gasteiger partial charge in [-0.15, -0.1) is 5.10 Å². The lowest BCUT2D eigenvalue weighted by atomic mass is 10.2. The number of anilines is 1. The van der Waals surface area contributed by atoms with Crippen LogP contribution in [-0.2, 0) is 0 Å². The summed E-state index contributed by atoms with van der Waals surface area (Å²) in [5, 5.41) is 15.8. The van der Waals surface area contributed by atoms with Crippen LogP contribution in [0.4, 0.5) is 5.00 Å². The molecule has 0 unspecified atom stereocenters. The summed E-state index contributed by atoms with van der Waals surface area (Å²) in [4.78, 5) is 16.4. The predicted molar refractivity (Wildman–Crippen MR) is 88.8 cm³/mol. The van der Waals surface area contributed by atoms with E-state index in [4.69, 9.17) is 0 Å². The fourth-order valence-electron chi connectivity index (χ4n) is 1.79. The molecule has 2 heterocycles. The monoisotopic (exact) mass is 346 g/mol. The van der Waals surface area contributed by atoms with Gasteiger partial charge in [0, 0.05) is 5.56 Å². The van der Waals surface area contributed by atoms with Gasteiger partial charge in [-0.05, 0) is 48.2 Å². The SMILES string of the molecule is CC(C)n1nnnc1Sc1ncc(NC(=O)c2ccccc2)s1. The van der Waals surface area contributed by atoms with Gasteiger partial charge in [-0.1, -0.05) is 29.5 Å². The van der Waals surface area contributed by atoms with E-state index in [0.717, 1.165) is 4.34 Å². The van der Waals surface area contributed by atoms with Crippen LogP contribution in [-0.4, -0.2) is 31.1 Å². The number of aromatic nitrogens is 5. The topological polar surface area (TPSA) is 85.6 Å².